The van der Waals surface area contributed by atoms with Gasteiger partial charge in [-0.05, 0) is 56.4 Å². The molecule has 1 aromatic rings. The second-order valence-electron chi connectivity index (χ2n) is 5.49. The van der Waals surface area contributed by atoms with Crippen LogP contribution in [0.5, 0.6) is 5.75 Å². The second kappa shape index (κ2) is 5.61. The molecule has 0 spiro atoms. The second-order valence-corrected chi connectivity index (χ2v) is 5.49. The first-order valence-corrected chi connectivity index (χ1v) is 6.83. The normalized spacial score (nSPS) is 18.4. The van der Waals surface area contributed by atoms with Crippen molar-refractivity contribution in [3.8, 4) is 5.75 Å². The van der Waals surface area contributed by atoms with E-state index in [0.29, 0.717) is 11.5 Å². The van der Waals surface area contributed by atoms with E-state index >= 15 is 0 Å². The fourth-order valence-corrected chi connectivity index (χ4v) is 2.69. The number of carbonyl (C=O) groups is 1. The lowest BCUT2D eigenvalue weighted by Crippen LogP contribution is -2.42. The van der Waals surface area contributed by atoms with Crippen molar-refractivity contribution in [2.75, 3.05) is 13.1 Å². The van der Waals surface area contributed by atoms with E-state index < -0.39 is 0 Å². The average Bonchev–Trinajstić information content (AvgIpc) is 2.38. The van der Waals surface area contributed by atoms with Crippen LogP contribution < -0.4 is 5.73 Å². The largest absolute Gasteiger partial charge is 0.508 e. The molecule has 0 radical (unpaired) electrons. The number of benzene rings is 1. The Morgan fingerprint density at radius 1 is 1.42 bits per heavy atom. The van der Waals surface area contributed by atoms with E-state index in [0.717, 1.165) is 31.5 Å². The predicted octanol–water partition coefficient (Wildman–Crippen LogP) is 1.90. The van der Waals surface area contributed by atoms with Crippen molar-refractivity contribution in [2.45, 2.75) is 32.7 Å². The zero-order valence-electron chi connectivity index (χ0n) is 11.6. The van der Waals surface area contributed by atoms with Crippen LogP contribution in [-0.2, 0) is 0 Å². The average molecular weight is 262 g/mol. The fraction of sp³-hybridized carbons (Fsp3) is 0.533. The molecule has 0 aliphatic carbocycles. The summed E-state index contributed by atoms with van der Waals surface area (Å²) in [5.41, 5.74) is 7.41. The summed E-state index contributed by atoms with van der Waals surface area (Å²) in [4.78, 5) is 14.3. The first-order chi connectivity index (χ1) is 8.99. The van der Waals surface area contributed by atoms with Gasteiger partial charge >= 0.3 is 0 Å². The molecule has 4 nitrogen and oxygen atoms in total. The van der Waals surface area contributed by atoms with Crippen LogP contribution in [0.3, 0.4) is 0 Å². The van der Waals surface area contributed by atoms with E-state index in [1.165, 1.54) is 0 Å². The summed E-state index contributed by atoms with van der Waals surface area (Å²) in [6.07, 6.45) is 1.95. The maximum atomic E-state index is 12.4. The van der Waals surface area contributed by atoms with Crippen LogP contribution in [-0.4, -0.2) is 35.0 Å². The predicted molar refractivity (Wildman–Crippen MR) is 75.1 cm³/mol. The lowest BCUT2D eigenvalue weighted by molar-refractivity contribution is 0.0680. The Bertz CT molecular complexity index is 463. The van der Waals surface area contributed by atoms with Crippen LogP contribution in [0.1, 0.15) is 35.7 Å². The SMILES string of the molecule is Cc1cc(O)ccc1C(=O)N1CCC(C(C)N)CC1. The Hall–Kier alpha value is -1.55. The molecule has 1 aromatic carbocycles. The molecule has 0 aromatic heterocycles. The van der Waals surface area contributed by atoms with Crippen LogP contribution in [0.4, 0.5) is 0 Å². The van der Waals surface area contributed by atoms with Crippen molar-refractivity contribution in [1.82, 2.24) is 4.90 Å². The molecule has 104 valence electrons. The molecule has 4 heteroatoms. The summed E-state index contributed by atoms with van der Waals surface area (Å²) >= 11 is 0. The number of amides is 1. The number of phenolic OH excluding ortho intramolecular Hbond substituents is 1. The summed E-state index contributed by atoms with van der Waals surface area (Å²) in [5, 5.41) is 9.39. The third-order valence-corrected chi connectivity index (χ3v) is 4.01. The Morgan fingerprint density at radius 3 is 2.58 bits per heavy atom. The first-order valence-electron chi connectivity index (χ1n) is 6.83. The molecule has 3 N–H and O–H groups in total. The highest BCUT2D eigenvalue weighted by Crippen LogP contribution is 2.23. The van der Waals surface area contributed by atoms with E-state index in [1.54, 1.807) is 18.2 Å². The number of phenols is 1. The number of hydrogen-bond donors (Lipinski definition) is 2. The van der Waals surface area contributed by atoms with Gasteiger partial charge in [-0.15, -0.1) is 0 Å². The topological polar surface area (TPSA) is 66.6 Å². The van der Waals surface area contributed by atoms with Crippen molar-refractivity contribution >= 4 is 5.91 Å². The van der Waals surface area contributed by atoms with Crippen LogP contribution >= 0.6 is 0 Å². The van der Waals surface area contributed by atoms with Crippen molar-refractivity contribution < 1.29 is 9.90 Å². The number of aryl methyl sites for hydroxylation is 1. The van der Waals surface area contributed by atoms with Crippen molar-refractivity contribution in [3.63, 3.8) is 0 Å². The van der Waals surface area contributed by atoms with Gasteiger partial charge in [0.25, 0.3) is 5.91 Å². The zero-order valence-corrected chi connectivity index (χ0v) is 11.6. The van der Waals surface area contributed by atoms with Gasteiger partial charge in [0.1, 0.15) is 5.75 Å². The van der Waals surface area contributed by atoms with Gasteiger partial charge in [-0.3, -0.25) is 4.79 Å². The molecule has 1 atom stereocenters. The maximum Gasteiger partial charge on any atom is 0.254 e. The molecule has 0 saturated carbocycles. The van der Waals surface area contributed by atoms with Gasteiger partial charge < -0.3 is 15.7 Å². The lowest BCUT2D eigenvalue weighted by Gasteiger charge is -2.34. The van der Waals surface area contributed by atoms with E-state index in [2.05, 4.69) is 0 Å². The Labute approximate surface area is 114 Å². The highest BCUT2D eigenvalue weighted by Gasteiger charge is 2.26. The molecule has 1 aliphatic heterocycles. The molecule has 2 rings (SSSR count). The summed E-state index contributed by atoms with van der Waals surface area (Å²) in [7, 11) is 0. The highest BCUT2D eigenvalue weighted by atomic mass is 16.3. The third kappa shape index (κ3) is 3.07. The van der Waals surface area contributed by atoms with E-state index in [-0.39, 0.29) is 17.7 Å². The van der Waals surface area contributed by atoms with Crippen LogP contribution in [0.2, 0.25) is 0 Å². The number of nitrogens with zero attached hydrogens (tertiary/aromatic N) is 1. The number of hydrogen-bond acceptors (Lipinski definition) is 3. The van der Waals surface area contributed by atoms with Crippen LogP contribution in [0.15, 0.2) is 18.2 Å². The molecular formula is C15H22N2O2. The van der Waals surface area contributed by atoms with E-state index in [4.69, 9.17) is 5.73 Å². The van der Waals surface area contributed by atoms with Gasteiger partial charge in [0, 0.05) is 24.7 Å². The summed E-state index contributed by atoms with van der Waals surface area (Å²) in [6.45, 7) is 5.42. The van der Waals surface area contributed by atoms with Gasteiger partial charge in [-0.1, -0.05) is 0 Å². The number of rotatable bonds is 2. The number of aromatic hydroxyl groups is 1. The van der Waals surface area contributed by atoms with Gasteiger partial charge in [-0.25, -0.2) is 0 Å². The maximum absolute atomic E-state index is 12.4. The summed E-state index contributed by atoms with van der Waals surface area (Å²) in [6, 6.07) is 5.09. The minimum absolute atomic E-state index is 0.0561. The van der Waals surface area contributed by atoms with E-state index in [9.17, 15) is 9.90 Å². The fourth-order valence-electron chi connectivity index (χ4n) is 2.69. The molecule has 1 aliphatic rings. The third-order valence-electron chi connectivity index (χ3n) is 4.01. The Balaban J connectivity index is 2.05. The van der Waals surface area contributed by atoms with Gasteiger partial charge in [0.05, 0.1) is 0 Å². The molecule has 1 fully saturated rings. The lowest BCUT2D eigenvalue weighted by atomic mass is 9.90. The monoisotopic (exact) mass is 262 g/mol. The number of piperidine rings is 1. The van der Waals surface area contributed by atoms with Gasteiger partial charge in [0.2, 0.25) is 0 Å². The minimum Gasteiger partial charge on any atom is -0.508 e. The van der Waals surface area contributed by atoms with E-state index in [1.807, 2.05) is 18.7 Å². The molecule has 1 unspecified atom stereocenters. The molecule has 1 amide bonds. The smallest absolute Gasteiger partial charge is 0.254 e. The standard InChI is InChI=1S/C15H22N2O2/c1-10-9-13(18)3-4-14(10)15(19)17-7-5-12(6-8-17)11(2)16/h3-4,9,11-12,18H,5-8,16H2,1-2H3. The molecule has 1 saturated heterocycles. The number of likely N-dealkylation sites (tertiary alicyclic amines) is 1. The van der Waals surface area contributed by atoms with Crippen LogP contribution in [0, 0.1) is 12.8 Å². The number of carbonyl (C=O) groups excluding carboxylic acids is 1. The molecule has 19 heavy (non-hydrogen) atoms. The quantitative estimate of drug-likeness (QED) is 0.855. The van der Waals surface area contributed by atoms with Crippen molar-refractivity contribution in [1.29, 1.82) is 0 Å². The van der Waals surface area contributed by atoms with Crippen LogP contribution in [0.25, 0.3) is 0 Å². The van der Waals surface area contributed by atoms with Gasteiger partial charge in [0.15, 0.2) is 0 Å². The molecule has 1 heterocycles. The van der Waals surface area contributed by atoms with Crippen molar-refractivity contribution in [2.24, 2.45) is 11.7 Å². The first kappa shape index (κ1) is 13.9. The highest BCUT2D eigenvalue weighted by molar-refractivity contribution is 5.95. The number of nitrogens with two attached hydrogens (primary N) is 1. The minimum atomic E-state index is 0.0561. The van der Waals surface area contributed by atoms with Crippen molar-refractivity contribution in [3.05, 3.63) is 29.3 Å². The summed E-state index contributed by atoms with van der Waals surface area (Å²) < 4.78 is 0. The van der Waals surface area contributed by atoms with Gasteiger partial charge in [-0.2, -0.15) is 0 Å². The Morgan fingerprint density at radius 2 is 2.05 bits per heavy atom. The summed E-state index contributed by atoms with van der Waals surface area (Å²) in [5.74, 6) is 0.773. The Kier molecular flexibility index (Phi) is 4.10. The molecule has 0 bridgehead atoms. The zero-order chi connectivity index (χ0) is 14.0. The molecular weight excluding hydrogens is 240 g/mol.